The van der Waals surface area contributed by atoms with Crippen molar-refractivity contribution < 1.29 is 23.9 Å². The van der Waals surface area contributed by atoms with Gasteiger partial charge in [0.15, 0.2) is 0 Å². The van der Waals surface area contributed by atoms with Crippen LogP contribution in [0.1, 0.15) is 54.6 Å². The van der Waals surface area contributed by atoms with Crippen LogP contribution in [0.15, 0.2) is 72.8 Å². The van der Waals surface area contributed by atoms with E-state index < -0.39 is 16.9 Å². The molecule has 8 nitrogen and oxygen atoms in total. The second kappa shape index (κ2) is 11.1. The number of para-hydroxylation sites is 1. The number of aromatic carboxylic acids is 1. The fraction of sp³-hybridized carbons (Fsp3) is 0.382. The van der Waals surface area contributed by atoms with Crippen LogP contribution in [0.3, 0.4) is 0 Å². The molecule has 224 valence electrons. The molecule has 2 fully saturated rings. The molecule has 2 amide bonds. The molecule has 0 atom stereocenters. The van der Waals surface area contributed by atoms with E-state index in [2.05, 4.69) is 9.80 Å². The molecule has 3 aliphatic heterocycles. The van der Waals surface area contributed by atoms with Crippen LogP contribution >= 0.6 is 0 Å². The van der Waals surface area contributed by atoms with E-state index in [4.69, 9.17) is 0 Å². The lowest BCUT2D eigenvalue weighted by molar-refractivity contribution is -0.134. The minimum absolute atomic E-state index is 0.0295. The Balaban J connectivity index is 1.15. The fourth-order valence-corrected chi connectivity index (χ4v) is 7.03. The minimum Gasteiger partial charge on any atom is -0.478 e. The summed E-state index contributed by atoms with van der Waals surface area (Å²) in [4.78, 5) is 47.2. The van der Waals surface area contributed by atoms with Crippen LogP contribution in [0.4, 0.5) is 15.8 Å². The molecule has 2 saturated heterocycles. The number of carbonyl (C=O) groups excluding carboxylic acids is 2. The zero-order valence-corrected chi connectivity index (χ0v) is 24.6. The SMILES string of the molecule is CC1(C)C(=O)N(CCCN2CCC3(CC2)C(=O)N(Cc2ccccc2C(=O)O)CN3c2ccc(F)cc2)c2ccccc21. The van der Waals surface area contributed by atoms with Gasteiger partial charge < -0.3 is 24.7 Å². The van der Waals surface area contributed by atoms with Crippen LogP contribution in [0.5, 0.6) is 0 Å². The van der Waals surface area contributed by atoms with Crippen molar-refractivity contribution in [2.24, 2.45) is 0 Å². The predicted molar refractivity (Wildman–Crippen MR) is 163 cm³/mol. The molecule has 0 unspecified atom stereocenters. The van der Waals surface area contributed by atoms with Gasteiger partial charge in [-0.3, -0.25) is 9.59 Å². The normalized spacial score (nSPS) is 19.4. The van der Waals surface area contributed by atoms with Gasteiger partial charge in [0.05, 0.1) is 17.6 Å². The highest BCUT2D eigenvalue weighted by molar-refractivity contribution is 6.07. The Morgan fingerprint density at radius 2 is 1.56 bits per heavy atom. The number of carbonyl (C=O) groups is 3. The number of fused-ring (bicyclic) bond motifs is 1. The topological polar surface area (TPSA) is 84.4 Å². The van der Waals surface area contributed by atoms with Crippen LogP contribution in [-0.4, -0.2) is 71.1 Å². The van der Waals surface area contributed by atoms with E-state index in [1.165, 1.54) is 12.1 Å². The van der Waals surface area contributed by atoms with E-state index in [1.807, 2.05) is 43.0 Å². The number of halogens is 1. The minimum atomic E-state index is -1.02. The molecule has 0 radical (unpaired) electrons. The number of piperidine rings is 1. The molecule has 43 heavy (non-hydrogen) atoms. The van der Waals surface area contributed by atoms with Crippen molar-refractivity contribution >= 4 is 29.2 Å². The van der Waals surface area contributed by atoms with E-state index >= 15 is 0 Å². The largest absolute Gasteiger partial charge is 0.478 e. The summed E-state index contributed by atoms with van der Waals surface area (Å²) in [5, 5.41) is 9.68. The summed E-state index contributed by atoms with van der Waals surface area (Å²) < 4.78 is 13.8. The molecule has 9 heteroatoms. The molecule has 3 aromatic carbocycles. The molecule has 3 aromatic rings. The smallest absolute Gasteiger partial charge is 0.336 e. The maximum absolute atomic E-state index is 14.1. The number of rotatable bonds is 8. The molecule has 1 spiro atoms. The lowest BCUT2D eigenvalue weighted by Crippen LogP contribution is -2.56. The summed E-state index contributed by atoms with van der Waals surface area (Å²) in [6.45, 7) is 7.30. The summed E-state index contributed by atoms with van der Waals surface area (Å²) in [6, 6.07) is 21.0. The van der Waals surface area contributed by atoms with Crippen molar-refractivity contribution in [2.45, 2.75) is 50.6 Å². The molecule has 0 aromatic heterocycles. The molecular formula is C34H37FN4O4. The molecule has 0 aliphatic carbocycles. The van der Waals surface area contributed by atoms with E-state index in [0.717, 1.165) is 29.9 Å². The summed E-state index contributed by atoms with van der Waals surface area (Å²) in [7, 11) is 0. The number of carboxylic acid groups (broad SMARTS) is 1. The van der Waals surface area contributed by atoms with Gasteiger partial charge in [-0.2, -0.15) is 0 Å². The highest BCUT2D eigenvalue weighted by Crippen LogP contribution is 2.42. The molecule has 0 bridgehead atoms. The number of anilines is 2. The zero-order chi connectivity index (χ0) is 30.4. The van der Waals surface area contributed by atoms with Crippen LogP contribution in [0, 0.1) is 5.82 Å². The number of carboxylic acids is 1. The Labute approximate surface area is 251 Å². The van der Waals surface area contributed by atoms with Crippen LogP contribution in [0.2, 0.25) is 0 Å². The lowest BCUT2D eigenvalue weighted by Gasteiger charge is -2.43. The number of likely N-dealkylation sites (tertiary alicyclic amines) is 1. The first-order chi connectivity index (χ1) is 20.6. The number of amides is 2. The molecular weight excluding hydrogens is 547 g/mol. The average molecular weight is 585 g/mol. The van der Waals surface area contributed by atoms with Gasteiger partial charge in [-0.15, -0.1) is 0 Å². The third-order valence-corrected chi connectivity index (χ3v) is 9.45. The molecule has 1 N–H and O–H groups in total. The van der Waals surface area contributed by atoms with E-state index in [0.29, 0.717) is 44.7 Å². The second-order valence-corrected chi connectivity index (χ2v) is 12.3. The number of hydrogen-bond acceptors (Lipinski definition) is 5. The second-order valence-electron chi connectivity index (χ2n) is 12.3. The van der Waals surface area contributed by atoms with Crippen molar-refractivity contribution in [1.82, 2.24) is 9.80 Å². The number of hydrogen-bond donors (Lipinski definition) is 1. The van der Waals surface area contributed by atoms with E-state index in [1.54, 1.807) is 41.3 Å². The monoisotopic (exact) mass is 584 g/mol. The first-order valence-electron chi connectivity index (χ1n) is 14.9. The van der Waals surface area contributed by atoms with Crippen molar-refractivity contribution in [2.75, 3.05) is 42.6 Å². The Hall–Kier alpha value is -4.24. The Morgan fingerprint density at radius 3 is 2.28 bits per heavy atom. The van der Waals surface area contributed by atoms with Gasteiger partial charge in [0.1, 0.15) is 11.4 Å². The fourth-order valence-electron chi connectivity index (χ4n) is 7.03. The van der Waals surface area contributed by atoms with Gasteiger partial charge in [-0.1, -0.05) is 36.4 Å². The van der Waals surface area contributed by atoms with Gasteiger partial charge >= 0.3 is 5.97 Å². The third-order valence-electron chi connectivity index (χ3n) is 9.45. The van der Waals surface area contributed by atoms with Gasteiger partial charge in [0.25, 0.3) is 0 Å². The maximum atomic E-state index is 14.1. The van der Waals surface area contributed by atoms with Gasteiger partial charge in [-0.25, -0.2) is 9.18 Å². The Kier molecular flexibility index (Phi) is 7.46. The first-order valence-corrected chi connectivity index (χ1v) is 14.9. The Bertz CT molecular complexity index is 1550. The summed E-state index contributed by atoms with van der Waals surface area (Å²) in [5.41, 5.74) is 2.27. The maximum Gasteiger partial charge on any atom is 0.336 e. The van der Waals surface area contributed by atoms with Crippen molar-refractivity contribution in [3.05, 3.63) is 95.3 Å². The summed E-state index contributed by atoms with van der Waals surface area (Å²) in [6.07, 6.45) is 2.01. The predicted octanol–water partition coefficient (Wildman–Crippen LogP) is 4.88. The molecule has 3 aliphatic rings. The van der Waals surface area contributed by atoms with Gasteiger partial charge in [0, 0.05) is 37.6 Å². The van der Waals surface area contributed by atoms with Gasteiger partial charge in [-0.05, 0) is 87.2 Å². The molecule has 3 heterocycles. The van der Waals surface area contributed by atoms with Crippen molar-refractivity contribution in [3.8, 4) is 0 Å². The molecule has 0 saturated carbocycles. The standard InChI is InChI=1S/C34H37FN4O4/c1-33(2)28-10-5-6-11-29(28)38(31(33)42)19-7-18-36-20-16-34(17-21-36)32(43)37(22-24-8-3-4-9-27(24)30(40)41)23-39(34)26-14-12-25(35)13-15-26/h3-6,8-15H,7,16-23H2,1-2H3,(H,40,41). The third kappa shape index (κ3) is 5.05. The highest BCUT2D eigenvalue weighted by atomic mass is 19.1. The van der Waals surface area contributed by atoms with E-state index in [9.17, 15) is 23.9 Å². The lowest BCUT2D eigenvalue weighted by atomic mass is 9.85. The number of benzene rings is 3. The highest BCUT2D eigenvalue weighted by Gasteiger charge is 2.53. The van der Waals surface area contributed by atoms with Gasteiger partial charge in [0.2, 0.25) is 11.8 Å². The first kappa shape index (κ1) is 28.9. The van der Waals surface area contributed by atoms with Crippen LogP contribution < -0.4 is 9.80 Å². The summed E-state index contributed by atoms with van der Waals surface area (Å²) >= 11 is 0. The zero-order valence-electron chi connectivity index (χ0n) is 24.6. The summed E-state index contributed by atoms with van der Waals surface area (Å²) in [5.74, 6) is -1.27. The van der Waals surface area contributed by atoms with Crippen molar-refractivity contribution in [1.29, 1.82) is 0 Å². The van der Waals surface area contributed by atoms with Crippen molar-refractivity contribution in [3.63, 3.8) is 0 Å². The van der Waals surface area contributed by atoms with Crippen LogP contribution in [0.25, 0.3) is 0 Å². The Morgan fingerprint density at radius 1 is 0.884 bits per heavy atom. The van der Waals surface area contributed by atoms with Crippen LogP contribution in [-0.2, 0) is 21.5 Å². The molecule has 6 rings (SSSR count). The van der Waals surface area contributed by atoms with E-state index in [-0.39, 0.29) is 29.7 Å². The number of nitrogens with zero attached hydrogens (tertiary/aromatic N) is 4. The average Bonchev–Trinajstić information content (AvgIpc) is 3.37. The quantitative estimate of drug-likeness (QED) is 0.407.